The van der Waals surface area contributed by atoms with Gasteiger partial charge in [-0.3, -0.25) is 14.4 Å². The van der Waals surface area contributed by atoms with Crippen molar-refractivity contribution in [2.45, 2.75) is 26.0 Å². The smallest absolute Gasteiger partial charge is 0.341 e. The largest absolute Gasteiger partial charge is 0.465 e. The van der Waals surface area contributed by atoms with Crippen LogP contribution in [0.4, 0.5) is 10.7 Å². The van der Waals surface area contributed by atoms with Gasteiger partial charge in [0, 0.05) is 4.88 Å². The molecule has 2 amide bonds. The van der Waals surface area contributed by atoms with Crippen molar-refractivity contribution in [1.82, 2.24) is 0 Å². The monoisotopic (exact) mass is 462 g/mol. The van der Waals surface area contributed by atoms with Crippen LogP contribution in [-0.2, 0) is 19.2 Å². The predicted octanol–water partition coefficient (Wildman–Crippen LogP) is 4.20. The van der Waals surface area contributed by atoms with Crippen molar-refractivity contribution in [1.29, 1.82) is 0 Å². The molecule has 2 saturated heterocycles. The average Bonchev–Trinajstić information content (AvgIpc) is 3.45. The highest BCUT2D eigenvalue weighted by molar-refractivity contribution is 7.17. The summed E-state index contributed by atoms with van der Waals surface area (Å²) in [5.41, 5.74) is 2.57. The molecule has 0 N–H and O–H groups in total. The summed E-state index contributed by atoms with van der Waals surface area (Å²) in [6.45, 7) is 3.63. The van der Waals surface area contributed by atoms with E-state index in [2.05, 4.69) is 0 Å². The summed E-state index contributed by atoms with van der Waals surface area (Å²) in [5, 5.41) is 1.95. The van der Waals surface area contributed by atoms with Gasteiger partial charge in [-0.05, 0) is 37.1 Å². The Balaban J connectivity index is 1.60. The molecule has 0 aliphatic carbocycles. The summed E-state index contributed by atoms with van der Waals surface area (Å²) in [6.07, 6.45) is -0.990. The first-order valence-electron chi connectivity index (χ1n) is 10.6. The van der Waals surface area contributed by atoms with Crippen LogP contribution < -0.4 is 9.96 Å². The fourth-order valence-electron chi connectivity index (χ4n) is 4.51. The molecule has 1 aromatic heterocycles. The number of carbonyl (C=O) groups excluding carboxylic acids is 3. The fourth-order valence-corrected chi connectivity index (χ4v) is 5.67. The predicted molar refractivity (Wildman–Crippen MR) is 124 cm³/mol. The molecule has 0 bridgehead atoms. The Morgan fingerprint density at radius 2 is 1.61 bits per heavy atom. The molecule has 8 heteroatoms. The minimum Gasteiger partial charge on any atom is -0.465 e. The topological polar surface area (TPSA) is 76.2 Å². The van der Waals surface area contributed by atoms with Crippen molar-refractivity contribution in [3.63, 3.8) is 0 Å². The zero-order valence-electron chi connectivity index (χ0n) is 18.3. The molecule has 7 nitrogen and oxygen atoms in total. The Bertz CT molecular complexity index is 1240. The number of anilines is 2. The van der Waals surface area contributed by atoms with Crippen molar-refractivity contribution in [3.05, 3.63) is 82.2 Å². The Morgan fingerprint density at radius 3 is 2.24 bits per heavy atom. The van der Waals surface area contributed by atoms with Gasteiger partial charge in [-0.15, -0.1) is 11.3 Å². The molecule has 0 saturated carbocycles. The molecule has 0 radical (unpaired) electrons. The number of thiophene rings is 1. The third-order valence-corrected chi connectivity index (χ3v) is 7.42. The zero-order valence-corrected chi connectivity index (χ0v) is 19.2. The maximum absolute atomic E-state index is 13.8. The number of esters is 1. The van der Waals surface area contributed by atoms with Crippen LogP contribution in [0.25, 0.3) is 0 Å². The van der Waals surface area contributed by atoms with Gasteiger partial charge in [-0.2, -0.15) is 0 Å². The molecule has 3 heterocycles. The van der Waals surface area contributed by atoms with E-state index in [1.54, 1.807) is 12.0 Å². The Kier molecular flexibility index (Phi) is 5.26. The summed E-state index contributed by atoms with van der Waals surface area (Å²) in [5.74, 6) is -2.19. The number of hydrogen-bond donors (Lipinski definition) is 0. The number of imide groups is 1. The maximum atomic E-state index is 13.8. The zero-order chi connectivity index (χ0) is 23.3. The second-order valence-corrected chi connectivity index (χ2v) is 9.24. The van der Waals surface area contributed by atoms with Crippen LogP contribution in [0, 0.1) is 19.8 Å². The number of aryl methyl sites for hydroxylation is 1. The lowest BCUT2D eigenvalue weighted by molar-refractivity contribution is -0.126. The number of hydroxylamine groups is 1. The highest BCUT2D eigenvalue weighted by Crippen LogP contribution is 2.49. The molecular formula is C25H22N2O5S. The normalized spacial score (nSPS) is 22.1. The SMILES string of the molecule is COC(=O)c1c(N2C(=O)[C@@H]3[C@@H](ON(c4ccccc4)[C@H]3c3ccccc3)C2=O)sc(C)c1C. The second kappa shape index (κ2) is 8.13. The number of fused-ring (bicyclic) bond motifs is 1. The number of carbonyl (C=O) groups is 3. The van der Waals surface area contributed by atoms with E-state index in [0.717, 1.165) is 21.0 Å². The molecule has 2 fully saturated rings. The van der Waals surface area contributed by atoms with Gasteiger partial charge in [-0.1, -0.05) is 48.5 Å². The summed E-state index contributed by atoms with van der Waals surface area (Å²) >= 11 is 1.24. The summed E-state index contributed by atoms with van der Waals surface area (Å²) < 4.78 is 4.94. The number of rotatable bonds is 4. The molecule has 2 aromatic carbocycles. The lowest BCUT2D eigenvalue weighted by atomic mass is 9.90. The summed E-state index contributed by atoms with van der Waals surface area (Å²) in [7, 11) is 1.28. The van der Waals surface area contributed by atoms with Gasteiger partial charge in [-0.25, -0.2) is 14.8 Å². The van der Waals surface area contributed by atoms with Crippen LogP contribution in [-0.4, -0.2) is 31.0 Å². The van der Waals surface area contributed by atoms with Gasteiger partial charge in [0.05, 0.1) is 24.4 Å². The van der Waals surface area contributed by atoms with E-state index >= 15 is 0 Å². The van der Waals surface area contributed by atoms with Gasteiger partial charge >= 0.3 is 5.97 Å². The minimum absolute atomic E-state index is 0.248. The Morgan fingerprint density at radius 1 is 0.970 bits per heavy atom. The Labute approximate surface area is 195 Å². The highest BCUT2D eigenvalue weighted by Gasteiger charge is 2.61. The quantitative estimate of drug-likeness (QED) is 0.427. The Hall–Kier alpha value is -3.49. The fraction of sp³-hybridized carbons (Fsp3) is 0.240. The molecule has 2 aliphatic heterocycles. The van der Waals surface area contributed by atoms with E-state index in [0.29, 0.717) is 10.6 Å². The van der Waals surface area contributed by atoms with Crippen LogP contribution >= 0.6 is 11.3 Å². The summed E-state index contributed by atoms with van der Waals surface area (Å²) in [6, 6.07) is 18.5. The van der Waals surface area contributed by atoms with Crippen molar-refractivity contribution in [2.75, 3.05) is 17.1 Å². The maximum Gasteiger partial charge on any atom is 0.341 e. The molecule has 5 rings (SSSR count). The highest BCUT2D eigenvalue weighted by atomic mass is 32.1. The average molecular weight is 463 g/mol. The molecular weight excluding hydrogens is 440 g/mol. The van der Waals surface area contributed by atoms with Crippen LogP contribution in [0.15, 0.2) is 60.7 Å². The second-order valence-electron chi connectivity index (χ2n) is 8.04. The van der Waals surface area contributed by atoms with E-state index in [1.165, 1.54) is 18.4 Å². The van der Waals surface area contributed by atoms with Gasteiger partial charge in [0.25, 0.3) is 5.91 Å². The first-order valence-corrected chi connectivity index (χ1v) is 11.4. The van der Waals surface area contributed by atoms with E-state index in [9.17, 15) is 14.4 Å². The number of ether oxygens (including phenoxy) is 1. The van der Waals surface area contributed by atoms with E-state index in [4.69, 9.17) is 9.57 Å². The first kappa shape index (κ1) is 21.4. The number of hydrogen-bond acceptors (Lipinski definition) is 7. The van der Waals surface area contributed by atoms with Crippen LogP contribution in [0.3, 0.4) is 0 Å². The van der Waals surface area contributed by atoms with Crippen LogP contribution in [0.1, 0.15) is 32.4 Å². The van der Waals surface area contributed by atoms with Crippen molar-refractivity contribution in [2.24, 2.45) is 5.92 Å². The lowest BCUT2D eigenvalue weighted by Gasteiger charge is -2.28. The molecule has 2 aliphatic rings. The number of amides is 2. The third-order valence-electron chi connectivity index (χ3n) is 6.23. The van der Waals surface area contributed by atoms with Crippen LogP contribution in [0.2, 0.25) is 0 Å². The van der Waals surface area contributed by atoms with E-state index in [1.807, 2.05) is 67.6 Å². The summed E-state index contributed by atoms with van der Waals surface area (Å²) in [4.78, 5) is 47.9. The number of methoxy groups -OCH3 is 1. The number of nitrogens with zero attached hydrogens (tertiary/aromatic N) is 2. The molecule has 3 atom stereocenters. The van der Waals surface area contributed by atoms with Gasteiger partial charge in [0.15, 0.2) is 6.10 Å². The molecule has 33 heavy (non-hydrogen) atoms. The van der Waals surface area contributed by atoms with Gasteiger partial charge in [0.2, 0.25) is 5.91 Å². The van der Waals surface area contributed by atoms with Crippen molar-refractivity contribution in [3.8, 4) is 0 Å². The first-order chi connectivity index (χ1) is 15.9. The van der Waals surface area contributed by atoms with E-state index < -0.39 is 29.9 Å². The molecule has 168 valence electrons. The number of benzene rings is 2. The standard InChI is InChI=1S/C25H22N2O5S/c1-14-15(2)33-24(18(14)25(30)31-3)26-22(28)19-20(16-10-6-4-7-11-16)27(32-21(19)23(26)29)17-12-8-5-9-13-17/h4-13,19-21H,1-3H3/t19-,20-,21+/m0/s1. The van der Waals surface area contributed by atoms with Crippen LogP contribution in [0.5, 0.6) is 0 Å². The molecule has 0 spiro atoms. The lowest BCUT2D eigenvalue weighted by Crippen LogP contribution is -2.37. The van der Waals surface area contributed by atoms with Crippen molar-refractivity contribution >= 4 is 39.8 Å². The van der Waals surface area contributed by atoms with Crippen molar-refractivity contribution < 1.29 is 24.0 Å². The van der Waals surface area contributed by atoms with Gasteiger partial charge < -0.3 is 4.74 Å². The molecule has 3 aromatic rings. The number of para-hydroxylation sites is 1. The minimum atomic E-state index is -0.990. The van der Waals surface area contributed by atoms with E-state index in [-0.39, 0.29) is 11.5 Å². The third kappa shape index (κ3) is 3.25. The molecule has 0 unspecified atom stereocenters. The van der Waals surface area contributed by atoms with Gasteiger partial charge in [0.1, 0.15) is 10.9 Å².